The molecule has 0 radical (unpaired) electrons. The van der Waals surface area contributed by atoms with Crippen molar-refractivity contribution in [2.75, 3.05) is 13.1 Å². The van der Waals surface area contributed by atoms with Crippen molar-refractivity contribution in [1.82, 2.24) is 14.9 Å². The van der Waals surface area contributed by atoms with E-state index in [0.717, 1.165) is 60.5 Å². The SMILES string of the molecule is Cc1nccc(C2CCN(Cc3cc(=O)oc4cc(C)c(C)cc34)CC2)n1. The van der Waals surface area contributed by atoms with Crippen molar-refractivity contribution < 1.29 is 4.42 Å². The van der Waals surface area contributed by atoms with Crippen LogP contribution in [0.3, 0.4) is 0 Å². The number of hydrogen-bond donors (Lipinski definition) is 0. The summed E-state index contributed by atoms with van der Waals surface area (Å²) in [5.41, 5.74) is 4.98. The molecule has 0 amide bonds. The average molecular weight is 363 g/mol. The van der Waals surface area contributed by atoms with E-state index in [0.29, 0.717) is 11.5 Å². The van der Waals surface area contributed by atoms with Gasteiger partial charge in [0.05, 0.1) is 0 Å². The zero-order chi connectivity index (χ0) is 19.0. The summed E-state index contributed by atoms with van der Waals surface area (Å²) in [6.45, 7) is 8.86. The van der Waals surface area contributed by atoms with Gasteiger partial charge in [-0.1, -0.05) is 0 Å². The predicted molar refractivity (Wildman–Crippen MR) is 106 cm³/mol. The lowest BCUT2D eigenvalue weighted by molar-refractivity contribution is 0.203. The summed E-state index contributed by atoms with van der Waals surface area (Å²) < 4.78 is 5.43. The minimum absolute atomic E-state index is 0.271. The second kappa shape index (κ2) is 7.24. The number of fused-ring (bicyclic) bond motifs is 1. The van der Waals surface area contributed by atoms with Crippen LogP contribution in [0.2, 0.25) is 0 Å². The van der Waals surface area contributed by atoms with Crippen LogP contribution in [-0.2, 0) is 6.54 Å². The molecule has 0 N–H and O–H groups in total. The molecule has 5 nitrogen and oxygen atoms in total. The summed E-state index contributed by atoms with van der Waals surface area (Å²) in [5.74, 6) is 1.33. The first-order chi connectivity index (χ1) is 13.0. The van der Waals surface area contributed by atoms with Crippen LogP contribution in [0.5, 0.6) is 0 Å². The Morgan fingerprint density at radius 1 is 1.11 bits per heavy atom. The van der Waals surface area contributed by atoms with E-state index in [1.807, 2.05) is 32.2 Å². The van der Waals surface area contributed by atoms with Gasteiger partial charge in [-0.15, -0.1) is 0 Å². The van der Waals surface area contributed by atoms with Gasteiger partial charge in [0.15, 0.2) is 0 Å². The Kier molecular flexibility index (Phi) is 4.79. The molecule has 1 aliphatic heterocycles. The quantitative estimate of drug-likeness (QED) is 0.661. The predicted octanol–water partition coefficient (Wildman–Crippen LogP) is 3.89. The average Bonchev–Trinajstić information content (AvgIpc) is 2.64. The van der Waals surface area contributed by atoms with Crippen LogP contribution >= 0.6 is 0 Å². The highest BCUT2D eigenvalue weighted by Crippen LogP contribution is 2.28. The van der Waals surface area contributed by atoms with Gasteiger partial charge in [0.25, 0.3) is 0 Å². The molecule has 0 bridgehead atoms. The lowest BCUT2D eigenvalue weighted by atomic mass is 9.93. The summed E-state index contributed by atoms with van der Waals surface area (Å²) >= 11 is 0. The third kappa shape index (κ3) is 3.78. The first kappa shape index (κ1) is 17.9. The molecule has 3 heterocycles. The van der Waals surface area contributed by atoms with E-state index in [1.165, 1.54) is 5.56 Å². The van der Waals surface area contributed by atoms with E-state index in [9.17, 15) is 4.79 Å². The topological polar surface area (TPSA) is 59.2 Å². The van der Waals surface area contributed by atoms with Gasteiger partial charge in [-0.25, -0.2) is 14.8 Å². The third-order valence-electron chi connectivity index (χ3n) is 5.64. The van der Waals surface area contributed by atoms with Gasteiger partial charge in [-0.2, -0.15) is 0 Å². The summed E-state index contributed by atoms with van der Waals surface area (Å²) in [6.07, 6.45) is 4.01. The van der Waals surface area contributed by atoms with Crippen LogP contribution in [0.1, 0.15) is 47.0 Å². The molecule has 5 heteroatoms. The van der Waals surface area contributed by atoms with E-state index < -0.39 is 0 Å². The number of rotatable bonds is 3. The number of piperidine rings is 1. The largest absolute Gasteiger partial charge is 0.423 e. The smallest absolute Gasteiger partial charge is 0.336 e. The summed E-state index contributed by atoms with van der Waals surface area (Å²) in [6, 6.07) is 7.80. The highest BCUT2D eigenvalue weighted by molar-refractivity contribution is 5.81. The third-order valence-corrected chi connectivity index (χ3v) is 5.64. The first-order valence-electron chi connectivity index (χ1n) is 9.55. The number of hydrogen-bond acceptors (Lipinski definition) is 5. The summed E-state index contributed by atoms with van der Waals surface area (Å²) in [4.78, 5) is 23.2. The molecule has 0 atom stereocenters. The van der Waals surface area contributed by atoms with E-state index in [2.05, 4.69) is 27.9 Å². The van der Waals surface area contributed by atoms with Gasteiger partial charge < -0.3 is 4.42 Å². The number of likely N-dealkylation sites (tertiary alicyclic amines) is 1. The van der Waals surface area contributed by atoms with E-state index in [-0.39, 0.29) is 5.63 Å². The molecule has 1 fully saturated rings. The first-order valence-corrected chi connectivity index (χ1v) is 9.55. The molecular formula is C22H25N3O2. The summed E-state index contributed by atoms with van der Waals surface area (Å²) in [5, 5.41) is 1.05. The minimum atomic E-state index is -0.271. The molecular weight excluding hydrogens is 338 g/mol. The Morgan fingerprint density at radius 2 is 1.85 bits per heavy atom. The van der Waals surface area contributed by atoms with Crippen molar-refractivity contribution in [3.8, 4) is 0 Å². The molecule has 2 aromatic heterocycles. The molecule has 140 valence electrons. The van der Waals surface area contributed by atoms with E-state index in [4.69, 9.17) is 4.42 Å². The maximum atomic E-state index is 12.0. The Labute approximate surface area is 159 Å². The molecule has 0 spiro atoms. The molecule has 0 saturated carbocycles. The zero-order valence-electron chi connectivity index (χ0n) is 16.2. The van der Waals surface area contributed by atoms with Crippen molar-refractivity contribution in [3.05, 3.63) is 69.1 Å². The maximum Gasteiger partial charge on any atom is 0.336 e. The lowest BCUT2D eigenvalue weighted by Gasteiger charge is -2.31. The molecule has 1 aromatic carbocycles. The number of nitrogens with zero attached hydrogens (tertiary/aromatic N) is 3. The molecule has 27 heavy (non-hydrogen) atoms. The van der Waals surface area contributed by atoms with Crippen LogP contribution in [0.15, 0.2) is 39.7 Å². The Hall–Kier alpha value is -2.53. The standard InChI is InChI=1S/C22H25N3O2/c1-14-10-19-18(12-22(26)27-21(19)11-15(14)2)13-25-8-5-17(6-9-25)20-4-7-23-16(3)24-20/h4,7,10-12,17H,5-6,8-9,13H2,1-3H3. The number of benzene rings is 1. The fourth-order valence-corrected chi connectivity index (χ4v) is 3.94. The van der Waals surface area contributed by atoms with Gasteiger partial charge in [-0.05, 0) is 81.6 Å². The van der Waals surface area contributed by atoms with Gasteiger partial charge >= 0.3 is 5.63 Å². The Morgan fingerprint density at radius 3 is 2.59 bits per heavy atom. The van der Waals surface area contributed by atoms with Crippen LogP contribution < -0.4 is 5.63 Å². The van der Waals surface area contributed by atoms with Crippen molar-refractivity contribution in [1.29, 1.82) is 0 Å². The monoisotopic (exact) mass is 363 g/mol. The van der Waals surface area contributed by atoms with Crippen molar-refractivity contribution >= 4 is 11.0 Å². The normalized spacial score (nSPS) is 16.1. The summed E-state index contributed by atoms with van der Waals surface area (Å²) in [7, 11) is 0. The number of aromatic nitrogens is 2. The van der Waals surface area contributed by atoms with Crippen LogP contribution in [0.25, 0.3) is 11.0 Å². The van der Waals surface area contributed by atoms with Gasteiger partial charge in [-0.3, -0.25) is 4.90 Å². The highest BCUT2D eigenvalue weighted by Gasteiger charge is 2.22. The molecule has 1 saturated heterocycles. The van der Waals surface area contributed by atoms with E-state index >= 15 is 0 Å². The Bertz CT molecular complexity index is 1030. The maximum absolute atomic E-state index is 12.0. The van der Waals surface area contributed by atoms with Crippen LogP contribution in [0.4, 0.5) is 0 Å². The highest BCUT2D eigenvalue weighted by atomic mass is 16.4. The molecule has 0 unspecified atom stereocenters. The van der Waals surface area contributed by atoms with Gasteiger partial charge in [0.1, 0.15) is 11.4 Å². The molecule has 3 aromatic rings. The number of aryl methyl sites for hydroxylation is 3. The fourth-order valence-electron chi connectivity index (χ4n) is 3.94. The van der Waals surface area contributed by atoms with Crippen molar-refractivity contribution in [3.63, 3.8) is 0 Å². The van der Waals surface area contributed by atoms with Crippen LogP contribution in [0, 0.1) is 20.8 Å². The van der Waals surface area contributed by atoms with Gasteiger partial charge in [0, 0.05) is 35.8 Å². The molecule has 1 aliphatic rings. The zero-order valence-corrected chi connectivity index (χ0v) is 16.2. The lowest BCUT2D eigenvalue weighted by Crippen LogP contribution is -2.33. The minimum Gasteiger partial charge on any atom is -0.423 e. The molecule has 4 rings (SSSR count). The van der Waals surface area contributed by atoms with Crippen LogP contribution in [-0.4, -0.2) is 28.0 Å². The molecule has 0 aliphatic carbocycles. The Balaban J connectivity index is 1.52. The van der Waals surface area contributed by atoms with E-state index in [1.54, 1.807) is 6.07 Å². The fraction of sp³-hybridized carbons (Fsp3) is 0.409. The van der Waals surface area contributed by atoms with Crippen molar-refractivity contribution in [2.24, 2.45) is 0 Å². The second-order valence-electron chi connectivity index (χ2n) is 7.60. The second-order valence-corrected chi connectivity index (χ2v) is 7.60. The van der Waals surface area contributed by atoms with Gasteiger partial charge in [0.2, 0.25) is 0 Å². The van der Waals surface area contributed by atoms with Crippen molar-refractivity contribution in [2.45, 2.75) is 46.1 Å².